The molecule has 1 aromatic carbocycles. The SMILES string of the molecule is CCC[Si](C)(C)C#Cc1ccc(Cl)c(O/C(=C\OC)C(=O)OC)c1. The van der Waals surface area contributed by atoms with Gasteiger partial charge in [0.2, 0.25) is 5.76 Å². The minimum absolute atomic E-state index is 0.0901. The molecule has 6 heteroatoms. The molecule has 0 aromatic heterocycles. The van der Waals surface area contributed by atoms with Gasteiger partial charge in [-0.05, 0) is 24.2 Å². The van der Waals surface area contributed by atoms with E-state index in [0.717, 1.165) is 24.3 Å². The molecule has 0 aliphatic rings. The lowest BCUT2D eigenvalue weighted by Crippen LogP contribution is -2.22. The number of ether oxygens (including phenoxy) is 3. The zero-order valence-corrected chi connectivity index (χ0v) is 16.5. The van der Waals surface area contributed by atoms with Crippen LogP contribution in [0.3, 0.4) is 0 Å². The van der Waals surface area contributed by atoms with Gasteiger partial charge in [0.25, 0.3) is 0 Å². The molecule has 0 amide bonds. The molecule has 0 saturated carbocycles. The van der Waals surface area contributed by atoms with E-state index in [1.165, 1.54) is 14.2 Å². The predicted molar refractivity (Wildman–Crippen MR) is 98.6 cm³/mol. The third-order valence-electron chi connectivity index (χ3n) is 3.18. The summed E-state index contributed by atoms with van der Waals surface area (Å²) >= 11 is 6.14. The second-order valence-corrected chi connectivity index (χ2v) is 10.8. The predicted octanol–water partition coefficient (Wildman–Crippen LogP) is 4.39. The molecule has 0 saturated heterocycles. The summed E-state index contributed by atoms with van der Waals surface area (Å²) in [6.07, 6.45) is 2.30. The first-order valence-electron chi connectivity index (χ1n) is 7.65. The molecule has 0 aliphatic heterocycles. The number of halogens is 1. The fourth-order valence-corrected chi connectivity index (χ4v) is 4.04. The molecule has 4 nitrogen and oxygen atoms in total. The molecule has 130 valence electrons. The summed E-state index contributed by atoms with van der Waals surface area (Å²) in [7, 11) is 1.15. The van der Waals surface area contributed by atoms with Crippen molar-refractivity contribution in [3.63, 3.8) is 0 Å². The average molecular weight is 367 g/mol. The third kappa shape index (κ3) is 6.30. The molecule has 0 fully saturated rings. The Hall–Kier alpha value is -1.90. The Morgan fingerprint density at radius 2 is 2.04 bits per heavy atom. The summed E-state index contributed by atoms with van der Waals surface area (Å²) in [6, 6.07) is 6.38. The van der Waals surface area contributed by atoms with Crippen molar-refractivity contribution < 1.29 is 19.0 Å². The van der Waals surface area contributed by atoms with Crippen molar-refractivity contribution in [2.75, 3.05) is 14.2 Å². The standard InChI is InChI=1S/C18H23ClO4Si/c1-6-10-24(4,5)11-9-14-7-8-15(19)16(12-14)23-17(13-21-2)18(20)22-3/h7-8,12-13H,6,10H2,1-5H3/b17-13-. The number of benzene rings is 1. The van der Waals surface area contributed by atoms with Crippen molar-refractivity contribution in [2.24, 2.45) is 0 Å². The van der Waals surface area contributed by atoms with Gasteiger partial charge in [-0.2, -0.15) is 0 Å². The second-order valence-electron chi connectivity index (χ2n) is 5.84. The van der Waals surface area contributed by atoms with Crippen LogP contribution in [0.25, 0.3) is 0 Å². The maximum atomic E-state index is 11.7. The van der Waals surface area contributed by atoms with Gasteiger partial charge < -0.3 is 14.2 Å². The smallest absolute Gasteiger partial charge is 0.377 e. The lowest BCUT2D eigenvalue weighted by molar-refractivity contribution is -0.138. The van der Waals surface area contributed by atoms with Crippen LogP contribution in [0, 0.1) is 11.5 Å². The van der Waals surface area contributed by atoms with Crippen LogP contribution in [0.15, 0.2) is 30.2 Å². The molecule has 1 aromatic rings. The highest BCUT2D eigenvalue weighted by Crippen LogP contribution is 2.27. The highest BCUT2D eigenvalue weighted by molar-refractivity contribution is 6.85. The fraction of sp³-hybridized carbons (Fsp3) is 0.389. The molecule has 0 aliphatic carbocycles. The van der Waals surface area contributed by atoms with Crippen LogP contribution in [0.5, 0.6) is 5.75 Å². The van der Waals surface area contributed by atoms with Gasteiger partial charge in [0.15, 0.2) is 0 Å². The minimum Gasteiger partial charge on any atom is -0.500 e. The highest BCUT2D eigenvalue weighted by Gasteiger charge is 2.17. The van der Waals surface area contributed by atoms with Gasteiger partial charge in [-0.15, -0.1) is 5.54 Å². The minimum atomic E-state index is -1.53. The third-order valence-corrected chi connectivity index (χ3v) is 6.05. The van der Waals surface area contributed by atoms with Gasteiger partial charge in [0.1, 0.15) is 20.1 Å². The van der Waals surface area contributed by atoms with Gasteiger partial charge in [0.05, 0.1) is 19.2 Å². The summed E-state index contributed by atoms with van der Waals surface area (Å²) in [5.74, 6) is 2.78. The van der Waals surface area contributed by atoms with Crippen molar-refractivity contribution in [1.29, 1.82) is 0 Å². The fourth-order valence-electron chi connectivity index (χ4n) is 2.03. The Balaban J connectivity index is 3.08. The number of hydrogen-bond acceptors (Lipinski definition) is 4. The molecule has 0 atom stereocenters. The Morgan fingerprint density at radius 3 is 2.62 bits per heavy atom. The number of carbonyl (C=O) groups excluding carboxylic acids is 1. The summed E-state index contributed by atoms with van der Waals surface area (Å²) < 4.78 is 15.0. The number of methoxy groups -OCH3 is 2. The van der Waals surface area contributed by atoms with Crippen molar-refractivity contribution in [3.05, 3.63) is 40.8 Å². The molecule has 0 unspecified atom stereocenters. The summed E-state index contributed by atoms with van der Waals surface area (Å²) in [5, 5.41) is 0.372. The molecule has 0 bridgehead atoms. The normalized spacial score (nSPS) is 11.3. The topological polar surface area (TPSA) is 44.8 Å². The zero-order chi connectivity index (χ0) is 18.2. The first-order valence-corrected chi connectivity index (χ1v) is 11.2. The van der Waals surface area contributed by atoms with Crippen LogP contribution in [-0.4, -0.2) is 28.3 Å². The summed E-state index contributed by atoms with van der Waals surface area (Å²) in [6.45, 7) is 6.65. The Bertz CT molecular complexity index is 671. The molecule has 24 heavy (non-hydrogen) atoms. The number of esters is 1. The van der Waals surface area contributed by atoms with Gasteiger partial charge >= 0.3 is 5.97 Å². The van der Waals surface area contributed by atoms with Gasteiger partial charge in [-0.25, -0.2) is 4.79 Å². The first kappa shape index (κ1) is 20.1. The highest BCUT2D eigenvalue weighted by atomic mass is 35.5. The molecular formula is C18H23ClO4Si. The van der Waals surface area contributed by atoms with Crippen LogP contribution in [-0.2, 0) is 14.3 Å². The zero-order valence-electron chi connectivity index (χ0n) is 14.7. The lowest BCUT2D eigenvalue weighted by atomic mass is 10.2. The number of carbonyl (C=O) groups is 1. The van der Waals surface area contributed by atoms with Gasteiger partial charge in [-0.3, -0.25) is 0 Å². The monoisotopic (exact) mass is 366 g/mol. The lowest BCUT2D eigenvalue weighted by Gasteiger charge is -2.12. The molecule has 0 spiro atoms. The molecule has 0 radical (unpaired) electrons. The van der Waals surface area contributed by atoms with Crippen LogP contribution in [0.4, 0.5) is 0 Å². The van der Waals surface area contributed by atoms with E-state index in [1.54, 1.807) is 12.1 Å². The van der Waals surface area contributed by atoms with E-state index in [2.05, 4.69) is 36.2 Å². The van der Waals surface area contributed by atoms with E-state index in [-0.39, 0.29) is 5.76 Å². The van der Waals surface area contributed by atoms with E-state index < -0.39 is 14.0 Å². The second kappa shape index (κ2) is 9.41. The van der Waals surface area contributed by atoms with E-state index >= 15 is 0 Å². The molecule has 0 heterocycles. The Labute approximate surface area is 149 Å². The average Bonchev–Trinajstić information content (AvgIpc) is 2.54. The maximum Gasteiger partial charge on any atom is 0.377 e. The summed E-state index contributed by atoms with van der Waals surface area (Å²) in [4.78, 5) is 11.7. The van der Waals surface area contributed by atoms with Crippen LogP contribution in [0.1, 0.15) is 18.9 Å². The first-order chi connectivity index (χ1) is 11.3. The Kier molecular flexibility index (Phi) is 7.89. The number of hydrogen-bond donors (Lipinski definition) is 0. The molecule has 1 rings (SSSR count). The van der Waals surface area contributed by atoms with Crippen molar-refractivity contribution in [3.8, 4) is 17.2 Å². The van der Waals surface area contributed by atoms with Gasteiger partial charge in [-0.1, -0.05) is 44.0 Å². The van der Waals surface area contributed by atoms with E-state index in [1.807, 2.05) is 6.07 Å². The summed E-state index contributed by atoms with van der Waals surface area (Å²) in [5.41, 5.74) is 4.18. The van der Waals surface area contributed by atoms with E-state index in [4.69, 9.17) is 21.1 Å². The van der Waals surface area contributed by atoms with Crippen LogP contribution >= 0.6 is 11.6 Å². The number of rotatable bonds is 6. The van der Waals surface area contributed by atoms with Crippen LogP contribution in [0.2, 0.25) is 24.2 Å². The van der Waals surface area contributed by atoms with Crippen molar-refractivity contribution >= 4 is 25.6 Å². The largest absolute Gasteiger partial charge is 0.500 e. The molecular weight excluding hydrogens is 344 g/mol. The van der Waals surface area contributed by atoms with Crippen molar-refractivity contribution in [1.82, 2.24) is 0 Å². The van der Waals surface area contributed by atoms with Gasteiger partial charge in [0, 0.05) is 5.56 Å². The van der Waals surface area contributed by atoms with Crippen molar-refractivity contribution in [2.45, 2.75) is 32.5 Å². The molecule has 0 N–H and O–H groups in total. The maximum absolute atomic E-state index is 11.7. The van der Waals surface area contributed by atoms with E-state index in [0.29, 0.717) is 10.8 Å². The Morgan fingerprint density at radius 1 is 1.33 bits per heavy atom. The van der Waals surface area contributed by atoms with Crippen LogP contribution < -0.4 is 4.74 Å². The van der Waals surface area contributed by atoms with E-state index in [9.17, 15) is 4.79 Å². The quantitative estimate of drug-likeness (QED) is 0.246.